The second kappa shape index (κ2) is 12.1. The largest absolute Gasteiger partial charge is 0.457 e. The Morgan fingerprint density at radius 2 is 0.912 bits per heavy atom. The molecule has 4 N–H and O–H groups in total. The predicted octanol–water partition coefficient (Wildman–Crippen LogP) is 6.82. The van der Waals surface area contributed by atoms with Crippen LogP contribution in [0.4, 0.5) is 11.4 Å². The molecule has 0 saturated heterocycles. The van der Waals surface area contributed by atoms with Crippen LogP contribution >= 0.6 is 0 Å². The Morgan fingerprint density at radius 3 is 1.24 bits per heavy atom. The maximum absolute atomic E-state index is 11.0. The third-order valence-electron chi connectivity index (χ3n) is 4.94. The number of nitrogens with two attached hydrogens (primary N) is 2. The van der Waals surface area contributed by atoms with Crippen LogP contribution in [-0.2, 0) is 17.6 Å². The van der Waals surface area contributed by atoms with Gasteiger partial charge in [0, 0.05) is 17.8 Å². The molecule has 0 unspecified atom stereocenters. The van der Waals surface area contributed by atoms with Gasteiger partial charge in [0.1, 0.15) is 28.8 Å². The van der Waals surface area contributed by atoms with Gasteiger partial charge in [0.2, 0.25) is 0 Å². The first-order valence-electron chi connectivity index (χ1n) is 11.2. The topological polar surface area (TPSA) is 87.6 Å². The molecule has 174 valence electrons. The number of carbonyl (C=O) groups is 1. The number of Topliss-reactive ketones (excluding diaryl/α,β-unsaturated/α-hetero) is 1. The van der Waals surface area contributed by atoms with Gasteiger partial charge in [0.15, 0.2) is 0 Å². The highest BCUT2D eigenvalue weighted by Crippen LogP contribution is 2.23. The first kappa shape index (κ1) is 24.4. The monoisotopic (exact) mass is 454 g/mol. The summed E-state index contributed by atoms with van der Waals surface area (Å²) in [7, 11) is 0. The maximum Gasteiger partial charge on any atom is 0.134 e. The summed E-state index contributed by atoms with van der Waals surface area (Å²) in [5, 5.41) is 0. The molecule has 0 radical (unpaired) electrons. The minimum absolute atomic E-state index is 0.170. The molecule has 5 heteroatoms. The minimum Gasteiger partial charge on any atom is -0.457 e. The molecule has 34 heavy (non-hydrogen) atoms. The maximum atomic E-state index is 11.0. The quantitative estimate of drug-likeness (QED) is 0.299. The van der Waals surface area contributed by atoms with Gasteiger partial charge < -0.3 is 20.9 Å². The van der Waals surface area contributed by atoms with Crippen molar-refractivity contribution >= 4 is 17.2 Å². The summed E-state index contributed by atoms with van der Waals surface area (Å²) in [6.07, 6.45) is 1.51. The van der Waals surface area contributed by atoms with E-state index in [9.17, 15) is 4.79 Å². The molecular formula is C29H30N2O3. The molecule has 0 aromatic heterocycles. The highest BCUT2D eigenvalue weighted by atomic mass is 16.5. The van der Waals surface area contributed by atoms with Gasteiger partial charge in [-0.3, -0.25) is 4.79 Å². The zero-order valence-electron chi connectivity index (χ0n) is 19.5. The number of anilines is 2. The molecule has 0 aliphatic rings. The summed E-state index contributed by atoms with van der Waals surface area (Å²) >= 11 is 0. The van der Waals surface area contributed by atoms with Gasteiger partial charge in [-0.25, -0.2) is 0 Å². The number of hydrogen-bond acceptors (Lipinski definition) is 5. The number of hydrogen-bond donors (Lipinski definition) is 2. The Hall–Kier alpha value is -4.25. The summed E-state index contributed by atoms with van der Waals surface area (Å²) in [6.45, 7) is 3.73. The second-order valence-electron chi connectivity index (χ2n) is 7.86. The van der Waals surface area contributed by atoms with Gasteiger partial charge in [-0.05, 0) is 97.3 Å². The molecule has 4 rings (SSSR count). The van der Waals surface area contributed by atoms with Crippen molar-refractivity contribution in [3.8, 4) is 23.0 Å². The third kappa shape index (κ3) is 8.02. The Balaban J connectivity index is 0.000000196. The number of nitrogen functional groups attached to an aromatic ring is 2. The van der Waals surface area contributed by atoms with E-state index < -0.39 is 0 Å². The molecule has 0 heterocycles. The van der Waals surface area contributed by atoms with Gasteiger partial charge in [-0.15, -0.1) is 0 Å². The first-order valence-corrected chi connectivity index (χ1v) is 11.2. The molecule has 0 saturated carbocycles. The third-order valence-corrected chi connectivity index (χ3v) is 4.94. The van der Waals surface area contributed by atoms with Gasteiger partial charge >= 0.3 is 0 Å². The van der Waals surface area contributed by atoms with Crippen LogP contribution in [0.2, 0.25) is 0 Å². The van der Waals surface area contributed by atoms with Crippen molar-refractivity contribution in [2.24, 2.45) is 0 Å². The molecule has 5 nitrogen and oxygen atoms in total. The number of benzene rings is 4. The second-order valence-corrected chi connectivity index (χ2v) is 7.86. The lowest BCUT2D eigenvalue weighted by Crippen LogP contribution is -1.95. The normalized spacial score (nSPS) is 10.1. The molecule has 0 aliphatic carbocycles. The average Bonchev–Trinajstić information content (AvgIpc) is 2.84. The average molecular weight is 455 g/mol. The van der Waals surface area contributed by atoms with Crippen LogP contribution in [0.1, 0.15) is 25.0 Å². The summed E-state index contributed by atoms with van der Waals surface area (Å²) in [6, 6.07) is 30.2. The molecule has 0 fully saturated rings. The number of ether oxygens (including phenoxy) is 2. The molecule has 0 bridgehead atoms. The highest BCUT2D eigenvalue weighted by Gasteiger charge is 2.00. The molecule has 0 aliphatic heterocycles. The fourth-order valence-corrected chi connectivity index (χ4v) is 3.10. The van der Waals surface area contributed by atoms with Crippen LogP contribution in [0.15, 0.2) is 97.1 Å². The Bertz CT molecular complexity index is 1120. The summed E-state index contributed by atoms with van der Waals surface area (Å²) < 4.78 is 11.3. The summed E-state index contributed by atoms with van der Waals surface area (Å²) in [4.78, 5) is 11.0. The number of carbonyl (C=O) groups excluding carboxylic acids is 1. The van der Waals surface area contributed by atoms with E-state index >= 15 is 0 Å². The van der Waals surface area contributed by atoms with Crippen molar-refractivity contribution in [1.82, 2.24) is 0 Å². The molecular weight excluding hydrogens is 424 g/mol. The number of ketones is 1. The van der Waals surface area contributed by atoms with E-state index in [-0.39, 0.29) is 5.78 Å². The van der Waals surface area contributed by atoms with Gasteiger partial charge in [-0.2, -0.15) is 0 Å². The Kier molecular flexibility index (Phi) is 8.69. The molecule has 4 aromatic rings. The van der Waals surface area contributed by atoms with E-state index in [1.807, 2.05) is 60.7 Å². The predicted molar refractivity (Wildman–Crippen MR) is 139 cm³/mol. The lowest BCUT2D eigenvalue weighted by Gasteiger charge is -2.07. The van der Waals surface area contributed by atoms with Gasteiger partial charge in [-0.1, -0.05) is 31.2 Å². The Labute approximate surface area is 201 Å². The van der Waals surface area contributed by atoms with E-state index in [0.29, 0.717) is 6.42 Å². The van der Waals surface area contributed by atoms with Crippen molar-refractivity contribution in [2.45, 2.75) is 26.7 Å². The van der Waals surface area contributed by atoms with E-state index in [1.54, 1.807) is 31.2 Å². The molecule has 0 amide bonds. The van der Waals surface area contributed by atoms with Crippen molar-refractivity contribution < 1.29 is 14.3 Å². The van der Waals surface area contributed by atoms with Crippen LogP contribution in [0.25, 0.3) is 0 Å². The smallest absolute Gasteiger partial charge is 0.134 e. The first-order chi connectivity index (χ1) is 16.4. The van der Waals surface area contributed by atoms with Crippen LogP contribution in [0.3, 0.4) is 0 Å². The Morgan fingerprint density at radius 1 is 0.588 bits per heavy atom. The van der Waals surface area contributed by atoms with Crippen molar-refractivity contribution in [1.29, 1.82) is 0 Å². The lowest BCUT2D eigenvalue weighted by molar-refractivity contribution is -0.116. The van der Waals surface area contributed by atoms with E-state index in [4.69, 9.17) is 20.9 Å². The fourth-order valence-electron chi connectivity index (χ4n) is 3.10. The SMILES string of the molecule is CCc1ccc(Oc2ccc(CC(C)=O)cc2)cc1.Nc1ccc(Oc2ccc(N)cc2)cc1. The lowest BCUT2D eigenvalue weighted by atomic mass is 10.1. The van der Waals surface area contributed by atoms with Crippen LogP contribution in [-0.4, -0.2) is 5.78 Å². The molecule has 0 atom stereocenters. The minimum atomic E-state index is 0.170. The zero-order chi connectivity index (χ0) is 24.3. The zero-order valence-corrected chi connectivity index (χ0v) is 19.5. The fraction of sp³-hybridized carbons (Fsp3) is 0.138. The molecule has 0 spiro atoms. The van der Waals surface area contributed by atoms with E-state index in [1.165, 1.54) is 5.56 Å². The summed E-state index contributed by atoms with van der Waals surface area (Å²) in [5.74, 6) is 3.31. The van der Waals surface area contributed by atoms with Gasteiger partial charge in [0.25, 0.3) is 0 Å². The van der Waals surface area contributed by atoms with Crippen LogP contribution < -0.4 is 20.9 Å². The van der Waals surface area contributed by atoms with Gasteiger partial charge in [0.05, 0.1) is 0 Å². The van der Waals surface area contributed by atoms with E-state index in [2.05, 4.69) is 19.1 Å². The van der Waals surface area contributed by atoms with E-state index in [0.717, 1.165) is 46.4 Å². The van der Waals surface area contributed by atoms with Crippen LogP contribution in [0, 0.1) is 0 Å². The molecule has 4 aromatic carbocycles. The number of aryl methyl sites for hydroxylation is 1. The summed E-state index contributed by atoms with van der Waals surface area (Å²) in [5.41, 5.74) is 14.9. The number of rotatable bonds is 7. The van der Waals surface area contributed by atoms with Crippen molar-refractivity contribution in [3.05, 3.63) is 108 Å². The standard InChI is InChI=1S/C17H18O2.C12H12N2O/c1-3-14-4-8-16(9-5-14)19-17-10-6-15(7-11-17)12-13(2)18;13-9-1-5-11(6-2-9)15-12-7-3-10(14)4-8-12/h4-11H,3,12H2,1-2H3;1-8H,13-14H2. The highest BCUT2D eigenvalue weighted by molar-refractivity contribution is 5.78. The van der Waals surface area contributed by atoms with Crippen molar-refractivity contribution in [2.75, 3.05) is 11.5 Å². The van der Waals surface area contributed by atoms with Crippen molar-refractivity contribution in [3.63, 3.8) is 0 Å². The van der Waals surface area contributed by atoms with Crippen LogP contribution in [0.5, 0.6) is 23.0 Å².